The van der Waals surface area contributed by atoms with Crippen LogP contribution in [0.15, 0.2) is 0 Å². The van der Waals surface area contributed by atoms with Gasteiger partial charge in [-0.05, 0) is 38.6 Å². The van der Waals surface area contributed by atoms with E-state index in [9.17, 15) is 5.11 Å². The van der Waals surface area contributed by atoms with E-state index < -0.39 is 0 Å². The van der Waals surface area contributed by atoms with E-state index in [0.29, 0.717) is 12.1 Å². The van der Waals surface area contributed by atoms with Gasteiger partial charge in [0.25, 0.3) is 0 Å². The van der Waals surface area contributed by atoms with Crippen molar-refractivity contribution in [3.05, 3.63) is 0 Å². The van der Waals surface area contributed by atoms with E-state index in [1.165, 1.54) is 32.1 Å². The van der Waals surface area contributed by atoms with E-state index in [0.717, 1.165) is 25.8 Å². The number of aliphatic hydroxyl groups excluding tert-OH is 2. The van der Waals surface area contributed by atoms with Crippen LogP contribution in [-0.4, -0.2) is 46.5 Å². The molecule has 3 nitrogen and oxygen atoms in total. The van der Waals surface area contributed by atoms with Crippen molar-refractivity contribution in [1.29, 1.82) is 0 Å². The largest absolute Gasteiger partial charge is 0.396 e. The monoisotopic (exact) mass is 227 g/mol. The van der Waals surface area contributed by atoms with Crippen molar-refractivity contribution in [2.24, 2.45) is 0 Å². The number of likely N-dealkylation sites (tertiary alicyclic amines) is 1. The summed E-state index contributed by atoms with van der Waals surface area (Å²) in [6.45, 7) is 1.40. The number of hydrogen-bond acceptors (Lipinski definition) is 3. The molecule has 0 spiro atoms. The molecule has 1 saturated carbocycles. The highest BCUT2D eigenvalue weighted by molar-refractivity contribution is 4.88. The number of piperidine rings is 1. The zero-order valence-corrected chi connectivity index (χ0v) is 10.1. The number of aliphatic hydroxyl groups is 2. The number of hydrogen-bond donors (Lipinski definition) is 2. The summed E-state index contributed by atoms with van der Waals surface area (Å²) in [5.41, 5.74) is 0. The summed E-state index contributed by atoms with van der Waals surface area (Å²) in [6.07, 6.45) is 9.02. The first-order valence-electron chi connectivity index (χ1n) is 6.87. The highest BCUT2D eigenvalue weighted by Gasteiger charge is 2.33. The lowest BCUT2D eigenvalue weighted by Crippen LogP contribution is -2.52. The van der Waals surface area contributed by atoms with Crippen molar-refractivity contribution < 1.29 is 10.2 Å². The van der Waals surface area contributed by atoms with Gasteiger partial charge in [-0.15, -0.1) is 0 Å². The summed E-state index contributed by atoms with van der Waals surface area (Å²) in [4.78, 5) is 2.49. The zero-order valence-electron chi connectivity index (χ0n) is 10.1. The van der Waals surface area contributed by atoms with Gasteiger partial charge in [-0.25, -0.2) is 0 Å². The maximum absolute atomic E-state index is 10.1. The van der Waals surface area contributed by atoms with Crippen LogP contribution in [0.1, 0.15) is 51.4 Å². The van der Waals surface area contributed by atoms with Crippen molar-refractivity contribution in [3.8, 4) is 0 Å². The fraction of sp³-hybridized carbons (Fsp3) is 1.00. The van der Waals surface area contributed by atoms with E-state index in [1.54, 1.807) is 0 Å². The minimum Gasteiger partial charge on any atom is -0.396 e. The summed E-state index contributed by atoms with van der Waals surface area (Å²) in [5.74, 6) is 0. The highest BCUT2D eigenvalue weighted by atomic mass is 16.3. The second kappa shape index (κ2) is 5.99. The van der Waals surface area contributed by atoms with Crippen molar-refractivity contribution >= 4 is 0 Å². The Morgan fingerprint density at radius 3 is 2.50 bits per heavy atom. The first-order valence-corrected chi connectivity index (χ1v) is 6.87. The second-order valence-electron chi connectivity index (χ2n) is 5.32. The van der Waals surface area contributed by atoms with Gasteiger partial charge in [0.05, 0.1) is 6.10 Å². The molecular weight excluding hydrogens is 202 g/mol. The first kappa shape index (κ1) is 12.3. The zero-order chi connectivity index (χ0) is 11.4. The molecule has 1 unspecified atom stereocenters. The van der Waals surface area contributed by atoms with Crippen LogP contribution in [0.25, 0.3) is 0 Å². The predicted molar refractivity (Wildman–Crippen MR) is 64.3 cm³/mol. The lowest BCUT2D eigenvalue weighted by atomic mass is 9.87. The molecule has 2 fully saturated rings. The normalized spacial score (nSPS) is 37.5. The van der Waals surface area contributed by atoms with Crippen molar-refractivity contribution in [1.82, 2.24) is 4.90 Å². The topological polar surface area (TPSA) is 43.7 Å². The van der Waals surface area contributed by atoms with Crippen molar-refractivity contribution in [2.75, 3.05) is 13.2 Å². The summed E-state index contributed by atoms with van der Waals surface area (Å²) < 4.78 is 0. The average Bonchev–Trinajstić information content (AvgIpc) is 2.31. The number of nitrogens with zero attached hydrogens (tertiary/aromatic N) is 1. The van der Waals surface area contributed by atoms with Gasteiger partial charge >= 0.3 is 0 Å². The van der Waals surface area contributed by atoms with Crippen LogP contribution in [0.4, 0.5) is 0 Å². The fourth-order valence-electron chi connectivity index (χ4n) is 3.40. The van der Waals surface area contributed by atoms with Gasteiger partial charge in [-0.3, -0.25) is 4.90 Å². The Morgan fingerprint density at radius 2 is 1.75 bits per heavy atom. The molecule has 3 heteroatoms. The van der Waals surface area contributed by atoms with E-state index >= 15 is 0 Å². The van der Waals surface area contributed by atoms with E-state index in [4.69, 9.17) is 5.11 Å². The molecule has 0 aromatic heterocycles. The Kier molecular flexibility index (Phi) is 4.62. The van der Waals surface area contributed by atoms with Gasteiger partial charge in [0, 0.05) is 18.7 Å². The molecule has 3 atom stereocenters. The maximum Gasteiger partial charge on any atom is 0.0695 e. The van der Waals surface area contributed by atoms with Gasteiger partial charge in [0.15, 0.2) is 0 Å². The number of rotatable bonds is 3. The van der Waals surface area contributed by atoms with Crippen LogP contribution in [-0.2, 0) is 0 Å². The molecule has 1 aliphatic carbocycles. The molecule has 2 rings (SSSR count). The van der Waals surface area contributed by atoms with Crippen LogP contribution in [0.3, 0.4) is 0 Å². The van der Waals surface area contributed by atoms with Gasteiger partial charge < -0.3 is 10.2 Å². The SMILES string of the molecule is OCCC1CCCCN1[C@H]1CCCC[C@@H]1O. The van der Waals surface area contributed by atoms with Gasteiger partial charge in [0.1, 0.15) is 0 Å². The Morgan fingerprint density at radius 1 is 1.00 bits per heavy atom. The molecule has 1 saturated heterocycles. The van der Waals surface area contributed by atoms with Gasteiger partial charge in [-0.2, -0.15) is 0 Å². The first-order chi connectivity index (χ1) is 7.83. The smallest absolute Gasteiger partial charge is 0.0695 e. The van der Waals surface area contributed by atoms with Gasteiger partial charge in [-0.1, -0.05) is 19.3 Å². The molecule has 0 aromatic rings. The Balaban J connectivity index is 1.97. The van der Waals surface area contributed by atoms with Crippen LogP contribution < -0.4 is 0 Å². The molecular formula is C13H25NO2. The van der Waals surface area contributed by atoms with Crippen molar-refractivity contribution in [3.63, 3.8) is 0 Å². The Hall–Kier alpha value is -0.120. The molecule has 0 bridgehead atoms. The third-order valence-electron chi connectivity index (χ3n) is 4.25. The second-order valence-corrected chi connectivity index (χ2v) is 5.32. The van der Waals surface area contributed by atoms with E-state index in [2.05, 4.69) is 4.90 Å². The highest BCUT2D eigenvalue weighted by Crippen LogP contribution is 2.29. The van der Waals surface area contributed by atoms with Crippen LogP contribution in [0, 0.1) is 0 Å². The molecule has 1 aliphatic heterocycles. The minimum atomic E-state index is -0.131. The summed E-state index contributed by atoms with van der Waals surface area (Å²) >= 11 is 0. The summed E-state index contributed by atoms with van der Waals surface area (Å²) in [6, 6.07) is 0.877. The van der Waals surface area contributed by atoms with E-state index in [1.807, 2.05) is 0 Å². The molecule has 94 valence electrons. The third kappa shape index (κ3) is 2.76. The lowest BCUT2D eigenvalue weighted by molar-refractivity contribution is -0.0202. The molecule has 2 aliphatic rings. The Bertz CT molecular complexity index is 208. The third-order valence-corrected chi connectivity index (χ3v) is 4.25. The fourth-order valence-corrected chi connectivity index (χ4v) is 3.40. The molecule has 2 N–H and O–H groups in total. The predicted octanol–water partition coefficient (Wildman–Crippen LogP) is 1.53. The van der Waals surface area contributed by atoms with Crippen LogP contribution in [0.2, 0.25) is 0 Å². The lowest BCUT2D eigenvalue weighted by Gasteiger charge is -2.44. The van der Waals surface area contributed by atoms with Gasteiger partial charge in [0.2, 0.25) is 0 Å². The minimum absolute atomic E-state index is 0.131. The molecule has 0 amide bonds. The van der Waals surface area contributed by atoms with Crippen LogP contribution in [0.5, 0.6) is 0 Å². The van der Waals surface area contributed by atoms with E-state index in [-0.39, 0.29) is 12.7 Å². The van der Waals surface area contributed by atoms with Crippen molar-refractivity contribution in [2.45, 2.75) is 69.6 Å². The quantitative estimate of drug-likeness (QED) is 0.768. The average molecular weight is 227 g/mol. The Labute approximate surface area is 98.5 Å². The molecule has 0 radical (unpaired) electrons. The van der Waals surface area contributed by atoms with Crippen LogP contribution >= 0.6 is 0 Å². The summed E-state index contributed by atoms with van der Waals surface area (Å²) in [5, 5.41) is 19.2. The molecule has 0 aromatic carbocycles. The molecule has 16 heavy (non-hydrogen) atoms. The standard InChI is InChI=1S/C13H25NO2/c15-10-8-11-5-3-4-9-14(11)12-6-1-2-7-13(12)16/h11-13,15-16H,1-10H2/t11?,12-,13-/m0/s1. The maximum atomic E-state index is 10.1. The summed E-state index contributed by atoms with van der Waals surface area (Å²) in [7, 11) is 0. The molecule has 1 heterocycles.